The lowest BCUT2D eigenvalue weighted by atomic mass is 9.67. The Kier molecular flexibility index (Phi) is 8.34. The van der Waals surface area contributed by atoms with Gasteiger partial charge in [0.1, 0.15) is 11.2 Å². The zero-order valence-electron chi connectivity index (χ0n) is 34.8. The Morgan fingerprint density at radius 1 is 0.344 bits per heavy atom. The zero-order valence-corrected chi connectivity index (χ0v) is 35.6. The van der Waals surface area contributed by atoms with E-state index in [2.05, 4.69) is 241 Å². The van der Waals surface area contributed by atoms with Gasteiger partial charge in [0.25, 0.3) is 0 Å². The highest BCUT2D eigenvalue weighted by atomic mass is 32.1. The number of thiophene rings is 1. The third-order valence-electron chi connectivity index (χ3n) is 13.4. The first-order valence-electron chi connectivity index (χ1n) is 21.9. The van der Waals surface area contributed by atoms with Gasteiger partial charge in [0, 0.05) is 59.6 Å². The fourth-order valence-electron chi connectivity index (χ4n) is 10.5. The number of rotatable bonds is 7. The van der Waals surface area contributed by atoms with Gasteiger partial charge in [0.2, 0.25) is 0 Å². The number of furan rings is 1. The van der Waals surface area contributed by atoms with Crippen molar-refractivity contribution in [2.24, 2.45) is 0 Å². The maximum Gasteiger partial charge on any atom is 0.143 e. The molecule has 0 bridgehead atoms. The van der Waals surface area contributed by atoms with Crippen LogP contribution in [0.25, 0.3) is 75.5 Å². The van der Waals surface area contributed by atoms with Gasteiger partial charge in [0.05, 0.1) is 5.41 Å². The summed E-state index contributed by atoms with van der Waals surface area (Å²) in [4.78, 5) is 2.33. The normalized spacial score (nSPS) is 12.8. The van der Waals surface area contributed by atoms with Crippen molar-refractivity contribution >= 4 is 70.5 Å². The molecule has 3 heteroatoms. The summed E-state index contributed by atoms with van der Waals surface area (Å²) in [5, 5.41) is 4.80. The molecule has 10 aromatic carbocycles. The number of nitrogens with zero attached hydrogens (tertiary/aromatic N) is 1. The van der Waals surface area contributed by atoms with Gasteiger partial charge in [-0.2, -0.15) is 0 Å². The van der Waals surface area contributed by atoms with E-state index < -0.39 is 5.41 Å². The summed E-state index contributed by atoms with van der Waals surface area (Å²) in [6.45, 7) is 0. The molecule has 1 aliphatic carbocycles. The molecule has 0 atom stereocenters. The van der Waals surface area contributed by atoms with Gasteiger partial charge in [-0.05, 0) is 92.5 Å². The molecule has 1 aliphatic rings. The fraction of sp³-hybridized carbons (Fsp3) is 0.0164. The van der Waals surface area contributed by atoms with Gasteiger partial charge in [0.15, 0.2) is 0 Å². The second kappa shape index (κ2) is 14.6. The Labute approximate surface area is 375 Å². The molecule has 13 rings (SSSR count). The average Bonchev–Trinajstić information content (AvgIpc) is 4.03. The van der Waals surface area contributed by atoms with Crippen molar-refractivity contribution in [2.45, 2.75) is 5.41 Å². The van der Waals surface area contributed by atoms with E-state index in [4.69, 9.17) is 4.42 Å². The number of benzene rings is 10. The van der Waals surface area contributed by atoms with Crippen LogP contribution in [-0.4, -0.2) is 0 Å². The van der Waals surface area contributed by atoms with E-state index in [0.717, 1.165) is 50.1 Å². The van der Waals surface area contributed by atoms with Crippen molar-refractivity contribution in [3.63, 3.8) is 0 Å². The van der Waals surface area contributed by atoms with Crippen molar-refractivity contribution < 1.29 is 4.42 Å². The Morgan fingerprint density at radius 2 is 0.875 bits per heavy atom. The number of hydrogen-bond acceptors (Lipinski definition) is 3. The highest BCUT2D eigenvalue weighted by Gasteiger charge is 2.45. The van der Waals surface area contributed by atoms with Crippen LogP contribution in [0.4, 0.5) is 17.1 Å². The molecule has 0 saturated carbocycles. The van der Waals surface area contributed by atoms with Crippen LogP contribution in [0, 0.1) is 0 Å². The monoisotopic (exact) mass is 833 g/mol. The van der Waals surface area contributed by atoms with Gasteiger partial charge in [-0.25, -0.2) is 0 Å². The highest BCUT2D eigenvalue weighted by Crippen LogP contribution is 2.56. The largest absolute Gasteiger partial charge is 0.455 e. The fourth-order valence-corrected chi connectivity index (χ4v) is 11.6. The molecule has 64 heavy (non-hydrogen) atoms. The van der Waals surface area contributed by atoms with Crippen molar-refractivity contribution in [3.8, 4) is 33.4 Å². The van der Waals surface area contributed by atoms with Crippen molar-refractivity contribution in [3.05, 3.63) is 259 Å². The Morgan fingerprint density at radius 3 is 1.59 bits per heavy atom. The van der Waals surface area contributed by atoms with Crippen LogP contribution in [0.2, 0.25) is 0 Å². The maximum atomic E-state index is 6.95. The van der Waals surface area contributed by atoms with Crippen LogP contribution >= 0.6 is 11.3 Å². The van der Waals surface area contributed by atoms with E-state index in [0.29, 0.717) is 0 Å². The van der Waals surface area contributed by atoms with Crippen LogP contribution in [0.1, 0.15) is 22.3 Å². The van der Waals surface area contributed by atoms with Gasteiger partial charge in [-0.3, -0.25) is 0 Å². The topological polar surface area (TPSA) is 16.4 Å². The second-order valence-corrected chi connectivity index (χ2v) is 17.9. The molecular formula is C61H39NOS. The molecule has 2 heterocycles. The van der Waals surface area contributed by atoms with Crippen LogP contribution in [0.15, 0.2) is 241 Å². The lowest BCUT2D eigenvalue weighted by molar-refractivity contribution is 0.670. The molecule has 0 unspecified atom stereocenters. The van der Waals surface area contributed by atoms with Gasteiger partial charge >= 0.3 is 0 Å². The Hall–Kier alpha value is -7.98. The minimum absolute atomic E-state index is 0.491. The predicted octanol–water partition coefficient (Wildman–Crippen LogP) is 17.1. The van der Waals surface area contributed by atoms with Gasteiger partial charge in [-0.1, -0.05) is 188 Å². The summed E-state index contributed by atoms with van der Waals surface area (Å²) in [5.74, 6) is 0. The first-order chi connectivity index (χ1) is 31.7. The molecule has 0 spiro atoms. The quantitative estimate of drug-likeness (QED) is 0.159. The van der Waals surface area contributed by atoms with E-state index >= 15 is 0 Å². The van der Waals surface area contributed by atoms with Crippen LogP contribution in [-0.2, 0) is 5.41 Å². The van der Waals surface area contributed by atoms with Crippen molar-refractivity contribution in [1.82, 2.24) is 0 Å². The number of anilines is 3. The summed E-state index contributed by atoms with van der Waals surface area (Å²) in [7, 11) is 0. The van der Waals surface area contributed by atoms with E-state index in [9.17, 15) is 0 Å². The molecule has 300 valence electrons. The minimum atomic E-state index is -0.491. The molecule has 0 fully saturated rings. The van der Waals surface area contributed by atoms with E-state index in [-0.39, 0.29) is 0 Å². The third kappa shape index (κ3) is 5.58. The Balaban J connectivity index is 0.922. The van der Waals surface area contributed by atoms with E-state index in [1.807, 2.05) is 11.3 Å². The number of hydrogen-bond donors (Lipinski definition) is 0. The summed E-state index contributed by atoms with van der Waals surface area (Å²) in [5.41, 5.74) is 16.8. The molecule has 0 amide bonds. The molecule has 0 N–H and O–H groups in total. The van der Waals surface area contributed by atoms with Crippen LogP contribution in [0.3, 0.4) is 0 Å². The van der Waals surface area contributed by atoms with Crippen molar-refractivity contribution in [1.29, 1.82) is 0 Å². The Bertz CT molecular complexity index is 3670. The lowest BCUT2D eigenvalue weighted by Crippen LogP contribution is -2.28. The third-order valence-corrected chi connectivity index (χ3v) is 14.5. The standard InChI is InChI=1S/C61H39NOS/c1-3-14-40(15-4-1)41-26-30-43(31-27-41)61(55-23-10-7-18-49(55)50-19-8-11-24-56(50)61)44-32-28-42(29-33-44)48-21-13-22-54-51-36-34-46(38-57(51)63-60(48)54)62(45-16-5-2-6-17-45)47-35-37-53-52-20-9-12-25-58(52)64-59(53)39-47/h1-39H. The first kappa shape index (κ1) is 36.7. The number of fused-ring (bicyclic) bond motifs is 9. The molecule has 12 aromatic rings. The van der Waals surface area contributed by atoms with E-state index in [1.165, 1.54) is 64.7 Å². The SMILES string of the molecule is c1ccc(-c2ccc(C3(c4ccc(-c5cccc6c5oc5cc(N(c7ccccc7)c7ccc8c(c7)sc7ccccc78)ccc56)cc4)c4ccccc4-c4ccccc43)cc2)cc1. The minimum Gasteiger partial charge on any atom is -0.455 e. The van der Waals surface area contributed by atoms with Crippen LogP contribution < -0.4 is 4.90 Å². The molecule has 0 radical (unpaired) electrons. The van der Waals surface area contributed by atoms with Gasteiger partial charge < -0.3 is 9.32 Å². The summed E-state index contributed by atoms with van der Waals surface area (Å²) < 4.78 is 9.52. The van der Waals surface area contributed by atoms with Gasteiger partial charge in [-0.15, -0.1) is 11.3 Å². The van der Waals surface area contributed by atoms with E-state index in [1.54, 1.807) is 0 Å². The number of para-hydroxylation sites is 2. The molecule has 0 saturated heterocycles. The zero-order chi connectivity index (χ0) is 42.2. The first-order valence-corrected chi connectivity index (χ1v) is 22.7. The average molecular weight is 834 g/mol. The molecule has 2 aromatic heterocycles. The predicted molar refractivity (Wildman–Crippen MR) is 269 cm³/mol. The maximum absolute atomic E-state index is 6.95. The van der Waals surface area contributed by atoms with Crippen molar-refractivity contribution in [2.75, 3.05) is 4.90 Å². The summed E-state index contributed by atoms with van der Waals surface area (Å²) in [6.07, 6.45) is 0. The summed E-state index contributed by atoms with van der Waals surface area (Å²) >= 11 is 1.84. The molecule has 2 nitrogen and oxygen atoms in total. The summed E-state index contributed by atoms with van der Waals surface area (Å²) in [6, 6.07) is 86.3. The molecular weight excluding hydrogens is 795 g/mol. The smallest absolute Gasteiger partial charge is 0.143 e. The molecule has 0 aliphatic heterocycles. The van der Waals surface area contributed by atoms with Crippen LogP contribution in [0.5, 0.6) is 0 Å². The second-order valence-electron chi connectivity index (χ2n) is 16.8. The lowest BCUT2D eigenvalue weighted by Gasteiger charge is -2.34. The highest BCUT2D eigenvalue weighted by molar-refractivity contribution is 7.25.